The Labute approximate surface area is 109 Å². The molecule has 0 aliphatic rings. The quantitative estimate of drug-likeness (QED) is 0.475. The first kappa shape index (κ1) is 17.3. The van der Waals surface area contributed by atoms with Crippen LogP contribution in [0.15, 0.2) is 0 Å². The number of amides is 1. The van der Waals surface area contributed by atoms with E-state index in [1.165, 1.54) is 0 Å². The molecule has 0 saturated carbocycles. The number of hydrogen-bond donors (Lipinski definition) is 2. The Bertz CT molecular complexity index is 222. The molecule has 0 saturated heterocycles. The topological polar surface area (TPSA) is 82.8 Å². The van der Waals surface area contributed by atoms with E-state index in [1.807, 2.05) is 13.8 Å². The van der Waals surface area contributed by atoms with Crippen molar-refractivity contribution in [1.82, 2.24) is 5.32 Å². The number of carbonyl (C=O) groups excluding carboxylic acids is 1. The zero-order valence-corrected chi connectivity index (χ0v) is 11.7. The molecule has 1 amide bonds. The fourth-order valence-corrected chi connectivity index (χ4v) is 1.10. The molecule has 0 aromatic carbocycles. The first-order valence-electron chi connectivity index (χ1n) is 6.16. The number of rotatable bonds is 12. The Morgan fingerprint density at radius 3 is 2.22 bits per heavy atom. The van der Waals surface area contributed by atoms with Gasteiger partial charge in [-0.05, 0) is 13.8 Å². The number of carbonyl (C=O) groups is 1. The maximum absolute atomic E-state index is 11.0. The molecule has 0 fully saturated rings. The van der Waals surface area contributed by atoms with Gasteiger partial charge in [-0.1, -0.05) is 0 Å². The van der Waals surface area contributed by atoms with Crippen LogP contribution in [0.1, 0.15) is 13.8 Å². The van der Waals surface area contributed by atoms with Crippen LogP contribution in [0.5, 0.6) is 0 Å². The minimum absolute atomic E-state index is 0.303. The van der Waals surface area contributed by atoms with E-state index < -0.39 is 5.41 Å². The highest BCUT2D eigenvalue weighted by Crippen LogP contribution is 2.11. The zero-order chi connectivity index (χ0) is 13.9. The summed E-state index contributed by atoms with van der Waals surface area (Å²) in [5.74, 6) is -0.303. The van der Waals surface area contributed by atoms with Gasteiger partial charge in [-0.3, -0.25) is 4.79 Å². The summed E-state index contributed by atoms with van der Waals surface area (Å²) in [5.41, 5.74) is 4.73. The fourth-order valence-electron chi connectivity index (χ4n) is 1.10. The Kier molecular flexibility index (Phi) is 9.86. The molecule has 6 nitrogen and oxygen atoms in total. The van der Waals surface area contributed by atoms with Gasteiger partial charge in [-0.25, -0.2) is 0 Å². The van der Waals surface area contributed by atoms with Crippen molar-refractivity contribution in [2.45, 2.75) is 13.8 Å². The van der Waals surface area contributed by atoms with Gasteiger partial charge >= 0.3 is 0 Å². The standard InChI is InChI=1S/C12H26N2O4/c1-12(2,11(13)15)10-14-4-5-17-8-9-18-7-6-16-3/h14H,4-10H2,1-3H3,(H2,13,15). The van der Waals surface area contributed by atoms with E-state index in [-0.39, 0.29) is 5.91 Å². The molecule has 0 aromatic heterocycles. The largest absolute Gasteiger partial charge is 0.382 e. The molecule has 6 heteroatoms. The van der Waals surface area contributed by atoms with Crippen LogP contribution in [0.3, 0.4) is 0 Å². The number of hydrogen-bond acceptors (Lipinski definition) is 5. The summed E-state index contributed by atoms with van der Waals surface area (Å²) in [6, 6.07) is 0. The van der Waals surface area contributed by atoms with Gasteiger partial charge < -0.3 is 25.3 Å². The molecule has 18 heavy (non-hydrogen) atoms. The van der Waals surface area contributed by atoms with Crippen LogP contribution < -0.4 is 11.1 Å². The summed E-state index contributed by atoms with van der Waals surface area (Å²) in [5, 5.41) is 3.13. The van der Waals surface area contributed by atoms with Gasteiger partial charge in [0, 0.05) is 20.2 Å². The van der Waals surface area contributed by atoms with Crippen molar-refractivity contribution < 1.29 is 19.0 Å². The molecule has 0 aromatic rings. The lowest BCUT2D eigenvalue weighted by molar-refractivity contribution is -0.125. The van der Waals surface area contributed by atoms with Crippen LogP contribution >= 0.6 is 0 Å². The predicted molar refractivity (Wildman–Crippen MR) is 69.4 cm³/mol. The Hall–Kier alpha value is -0.690. The van der Waals surface area contributed by atoms with Crippen molar-refractivity contribution in [2.24, 2.45) is 11.1 Å². The highest BCUT2D eigenvalue weighted by Gasteiger charge is 2.23. The van der Waals surface area contributed by atoms with Crippen molar-refractivity contribution in [2.75, 3.05) is 53.2 Å². The summed E-state index contributed by atoms with van der Waals surface area (Å²) in [6.07, 6.45) is 0. The third-order valence-electron chi connectivity index (χ3n) is 2.46. The summed E-state index contributed by atoms with van der Waals surface area (Å²) in [7, 11) is 1.64. The van der Waals surface area contributed by atoms with Crippen molar-refractivity contribution in [3.05, 3.63) is 0 Å². The Morgan fingerprint density at radius 1 is 1.11 bits per heavy atom. The smallest absolute Gasteiger partial charge is 0.224 e. The number of ether oxygens (including phenoxy) is 3. The normalized spacial score (nSPS) is 11.7. The number of nitrogens with two attached hydrogens (primary N) is 1. The van der Waals surface area contributed by atoms with Gasteiger partial charge in [0.1, 0.15) is 0 Å². The van der Waals surface area contributed by atoms with E-state index >= 15 is 0 Å². The summed E-state index contributed by atoms with van der Waals surface area (Å²) >= 11 is 0. The number of methoxy groups -OCH3 is 1. The Morgan fingerprint density at radius 2 is 1.67 bits per heavy atom. The summed E-state index contributed by atoms with van der Waals surface area (Å²) < 4.78 is 15.4. The van der Waals surface area contributed by atoms with E-state index in [0.717, 1.165) is 0 Å². The van der Waals surface area contributed by atoms with Crippen molar-refractivity contribution in [3.63, 3.8) is 0 Å². The second-order valence-corrected chi connectivity index (χ2v) is 4.64. The van der Waals surface area contributed by atoms with Gasteiger partial charge in [-0.2, -0.15) is 0 Å². The second-order valence-electron chi connectivity index (χ2n) is 4.64. The molecule has 0 aliphatic heterocycles. The van der Waals surface area contributed by atoms with E-state index in [4.69, 9.17) is 19.9 Å². The van der Waals surface area contributed by atoms with Gasteiger partial charge in [0.25, 0.3) is 0 Å². The highest BCUT2D eigenvalue weighted by molar-refractivity contribution is 5.80. The fraction of sp³-hybridized carbons (Fsp3) is 0.917. The maximum atomic E-state index is 11.0. The minimum Gasteiger partial charge on any atom is -0.382 e. The maximum Gasteiger partial charge on any atom is 0.224 e. The molecular formula is C12H26N2O4. The van der Waals surface area contributed by atoms with Gasteiger partial charge in [0.05, 0.1) is 38.4 Å². The van der Waals surface area contributed by atoms with Crippen LogP contribution in [-0.2, 0) is 19.0 Å². The lowest BCUT2D eigenvalue weighted by Crippen LogP contribution is -2.41. The van der Waals surface area contributed by atoms with Gasteiger partial charge in [0.2, 0.25) is 5.91 Å². The summed E-state index contributed by atoms with van der Waals surface area (Å²) in [4.78, 5) is 11.0. The van der Waals surface area contributed by atoms with Crippen LogP contribution in [-0.4, -0.2) is 59.1 Å². The van der Waals surface area contributed by atoms with E-state index in [0.29, 0.717) is 46.1 Å². The van der Waals surface area contributed by atoms with Crippen molar-refractivity contribution in [3.8, 4) is 0 Å². The summed E-state index contributed by atoms with van der Waals surface area (Å²) in [6.45, 7) is 7.77. The lowest BCUT2D eigenvalue weighted by atomic mass is 9.93. The average molecular weight is 262 g/mol. The molecule has 0 spiro atoms. The second kappa shape index (κ2) is 10.3. The lowest BCUT2D eigenvalue weighted by Gasteiger charge is -2.20. The van der Waals surface area contributed by atoms with Crippen LogP contribution in [0.2, 0.25) is 0 Å². The molecule has 0 bridgehead atoms. The molecule has 108 valence electrons. The third-order valence-corrected chi connectivity index (χ3v) is 2.46. The van der Waals surface area contributed by atoms with Gasteiger partial charge in [-0.15, -0.1) is 0 Å². The SMILES string of the molecule is COCCOCCOCCNCC(C)(C)C(N)=O. The third kappa shape index (κ3) is 9.35. The number of primary amides is 1. The highest BCUT2D eigenvalue weighted by atomic mass is 16.5. The van der Waals surface area contributed by atoms with Crippen LogP contribution in [0.25, 0.3) is 0 Å². The molecule has 3 N–H and O–H groups in total. The molecule has 0 rings (SSSR count). The molecule has 0 aliphatic carbocycles. The molecule has 0 atom stereocenters. The first-order chi connectivity index (χ1) is 8.50. The molecule has 0 unspecified atom stereocenters. The average Bonchev–Trinajstić information content (AvgIpc) is 2.31. The van der Waals surface area contributed by atoms with E-state index in [1.54, 1.807) is 7.11 Å². The number of nitrogens with one attached hydrogen (secondary N) is 1. The van der Waals surface area contributed by atoms with Crippen molar-refractivity contribution in [1.29, 1.82) is 0 Å². The van der Waals surface area contributed by atoms with Crippen LogP contribution in [0, 0.1) is 5.41 Å². The zero-order valence-electron chi connectivity index (χ0n) is 11.7. The van der Waals surface area contributed by atoms with E-state index in [2.05, 4.69) is 5.32 Å². The molecule has 0 radical (unpaired) electrons. The predicted octanol–water partition coefficient (Wildman–Crippen LogP) is -0.233. The van der Waals surface area contributed by atoms with E-state index in [9.17, 15) is 4.79 Å². The first-order valence-corrected chi connectivity index (χ1v) is 6.16. The minimum atomic E-state index is -0.525. The Balaban J connectivity index is 3.24. The van der Waals surface area contributed by atoms with Gasteiger partial charge in [0.15, 0.2) is 0 Å². The van der Waals surface area contributed by atoms with Crippen molar-refractivity contribution >= 4 is 5.91 Å². The van der Waals surface area contributed by atoms with Crippen LogP contribution in [0.4, 0.5) is 0 Å². The monoisotopic (exact) mass is 262 g/mol. The molecule has 0 heterocycles. The molecular weight excluding hydrogens is 236 g/mol.